The van der Waals surface area contributed by atoms with E-state index in [-0.39, 0.29) is 23.8 Å². The normalized spacial score (nSPS) is 31.4. The fourth-order valence-corrected chi connectivity index (χ4v) is 6.80. The predicted molar refractivity (Wildman–Crippen MR) is 117 cm³/mol. The van der Waals surface area contributed by atoms with Crippen molar-refractivity contribution in [3.05, 3.63) is 57.6 Å². The van der Waals surface area contributed by atoms with Gasteiger partial charge in [-0.15, -0.1) is 0 Å². The van der Waals surface area contributed by atoms with E-state index in [1.165, 1.54) is 4.90 Å². The smallest absolute Gasteiger partial charge is 0.250 e. The van der Waals surface area contributed by atoms with Gasteiger partial charge in [0, 0.05) is 22.3 Å². The number of fused-ring (bicyclic) bond motifs is 7. The molecule has 0 aromatic heterocycles. The number of nitrogens with zero attached hydrogens (tertiary/aromatic N) is 2. The molecular formula is C23H19Cl2N3O3. The average molecular weight is 456 g/mol. The van der Waals surface area contributed by atoms with Crippen molar-refractivity contribution in [2.45, 2.75) is 31.3 Å². The Balaban J connectivity index is 1.60. The Morgan fingerprint density at radius 2 is 1.87 bits per heavy atom. The second kappa shape index (κ2) is 6.31. The maximum absolute atomic E-state index is 13.9. The van der Waals surface area contributed by atoms with Gasteiger partial charge in [0.15, 0.2) is 0 Å². The molecule has 1 spiro atoms. The van der Waals surface area contributed by atoms with E-state index < -0.39 is 17.4 Å². The first kappa shape index (κ1) is 19.3. The van der Waals surface area contributed by atoms with Crippen LogP contribution in [0.3, 0.4) is 0 Å². The zero-order valence-corrected chi connectivity index (χ0v) is 18.2. The summed E-state index contributed by atoms with van der Waals surface area (Å²) in [7, 11) is 0. The van der Waals surface area contributed by atoms with Gasteiger partial charge in [0.1, 0.15) is 5.54 Å². The van der Waals surface area contributed by atoms with Gasteiger partial charge in [-0.1, -0.05) is 35.3 Å². The first-order chi connectivity index (χ1) is 14.9. The lowest BCUT2D eigenvalue weighted by Crippen LogP contribution is -2.54. The summed E-state index contributed by atoms with van der Waals surface area (Å²) in [5, 5.41) is 3.84. The zero-order chi connectivity index (χ0) is 21.7. The second-order valence-electron chi connectivity index (χ2n) is 8.74. The minimum Gasteiger partial charge on any atom is -0.324 e. The lowest BCUT2D eigenvalue weighted by molar-refractivity contribution is -0.135. The minimum absolute atomic E-state index is 0.176. The summed E-state index contributed by atoms with van der Waals surface area (Å²) in [5.74, 6) is -2.33. The molecule has 0 aliphatic carbocycles. The number of carbonyl (C=O) groups is 3. The van der Waals surface area contributed by atoms with Gasteiger partial charge in [0.2, 0.25) is 17.7 Å². The first-order valence-electron chi connectivity index (χ1n) is 10.4. The Kier molecular flexibility index (Phi) is 3.93. The van der Waals surface area contributed by atoms with Crippen LogP contribution in [0.4, 0.5) is 11.4 Å². The molecule has 3 saturated heterocycles. The van der Waals surface area contributed by atoms with Crippen LogP contribution in [0.2, 0.25) is 10.0 Å². The lowest BCUT2D eigenvalue weighted by Gasteiger charge is -2.36. The van der Waals surface area contributed by atoms with Crippen molar-refractivity contribution < 1.29 is 14.4 Å². The van der Waals surface area contributed by atoms with Crippen LogP contribution in [0.1, 0.15) is 24.0 Å². The maximum atomic E-state index is 13.9. The highest BCUT2D eigenvalue weighted by molar-refractivity contribution is 6.36. The average Bonchev–Trinajstić information content (AvgIpc) is 3.42. The third-order valence-corrected chi connectivity index (χ3v) is 7.89. The van der Waals surface area contributed by atoms with Crippen LogP contribution in [-0.2, 0) is 19.9 Å². The van der Waals surface area contributed by atoms with E-state index in [1.807, 2.05) is 6.92 Å². The van der Waals surface area contributed by atoms with Crippen molar-refractivity contribution >= 4 is 52.3 Å². The highest BCUT2D eigenvalue weighted by atomic mass is 35.5. The number of amides is 3. The molecule has 6 nitrogen and oxygen atoms in total. The van der Waals surface area contributed by atoms with Gasteiger partial charge in [-0.2, -0.15) is 0 Å². The Bertz CT molecular complexity index is 1200. The molecule has 4 aliphatic rings. The van der Waals surface area contributed by atoms with Gasteiger partial charge in [-0.3, -0.25) is 19.3 Å². The van der Waals surface area contributed by atoms with Crippen molar-refractivity contribution in [1.29, 1.82) is 0 Å². The first-order valence-corrected chi connectivity index (χ1v) is 11.1. The van der Waals surface area contributed by atoms with Crippen LogP contribution in [-0.4, -0.2) is 35.2 Å². The quantitative estimate of drug-likeness (QED) is 0.665. The monoisotopic (exact) mass is 455 g/mol. The molecule has 2 aromatic rings. The van der Waals surface area contributed by atoms with Crippen molar-refractivity contribution in [2.24, 2.45) is 11.8 Å². The van der Waals surface area contributed by atoms with Crippen molar-refractivity contribution in [2.75, 3.05) is 16.8 Å². The molecule has 0 saturated carbocycles. The van der Waals surface area contributed by atoms with Gasteiger partial charge in [-0.05, 0) is 56.1 Å². The highest BCUT2D eigenvalue weighted by Crippen LogP contribution is 2.61. The van der Waals surface area contributed by atoms with Gasteiger partial charge in [-0.25, -0.2) is 4.90 Å². The van der Waals surface area contributed by atoms with Crippen LogP contribution in [0, 0.1) is 18.8 Å². The number of nitrogens with one attached hydrogen (secondary N) is 1. The number of hydrogen-bond donors (Lipinski definition) is 1. The number of anilines is 2. The number of hydrogen-bond acceptors (Lipinski definition) is 4. The summed E-state index contributed by atoms with van der Waals surface area (Å²) in [4.78, 5) is 44.5. The number of benzene rings is 2. The molecule has 3 amide bonds. The molecular weight excluding hydrogens is 437 g/mol. The van der Waals surface area contributed by atoms with Gasteiger partial charge >= 0.3 is 0 Å². The number of imide groups is 1. The number of halogens is 2. The molecule has 6 rings (SSSR count). The molecule has 4 aliphatic heterocycles. The Hall–Kier alpha value is -2.41. The van der Waals surface area contributed by atoms with Gasteiger partial charge < -0.3 is 5.32 Å². The molecule has 158 valence electrons. The standard InChI is InChI=1S/C23H19Cl2N3O3/c1-11-9-12(24)10-13-19(11)26-22(31)23(13)18-17(16-7-4-8-27(16)23)20(29)28(21(18)30)15-6-3-2-5-14(15)25/h2-3,5-6,9-10,16-18H,4,7-8H2,1H3,(H,26,31)/t16-,17+,18+,23+/m1/s1. The fourth-order valence-electron chi connectivity index (χ4n) is 6.31. The van der Waals surface area contributed by atoms with Crippen LogP contribution in [0.5, 0.6) is 0 Å². The second-order valence-corrected chi connectivity index (χ2v) is 9.58. The highest BCUT2D eigenvalue weighted by Gasteiger charge is 2.74. The molecule has 8 heteroatoms. The van der Waals surface area contributed by atoms with Crippen molar-refractivity contribution in [1.82, 2.24) is 4.90 Å². The van der Waals surface area contributed by atoms with E-state index in [1.54, 1.807) is 36.4 Å². The maximum Gasteiger partial charge on any atom is 0.250 e. The molecule has 0 radical (unpaired) electrons. The van der Waals surface area contributed by atoms with E-state index in [0.29, 0.717) is 33.5 Å². The van der Waals surface area contributed by atoms with E-state index in [4.69, 9.17) is 23.2 Å². The van der Waals surface area contributed by atoms with Crippen LogP contribution >= 0.6 is 23.2 Å². The predicted octanol–water partition coefficient (Wildman–Crippen LogP) is 3.73. The van der Waals surface area contributed by atoms with E-state index in [2.05, 4.69) is 10.2 Å². The molecule has 4 atom stereocenters. The summed E-state index contributed by atoms with van der Waals surface area (Å²) in [6, 6.07) is 10.2. The molecule has 0 bridgehead atoms. The third-order valence-electron chi connectivity index (χ3n) is 7.36. The Morgan fingerprint density at radius 1 is 1.10 bits per heavy atom. The molecule has 31 heavy (non-hydrogen) atoms. The van der Waals surface area contributed by atoms with Crippen molar-refractivity contribution in [3.8, 4) is 0 Å². The SMILES string of the molecule is Cc1cc(Cl)cc2c1NC(=O)[C@@]21[C@@H]2C(=O)N(c3ccccc3Cl)C(=O)[C@H]2[C@H]2CCCN21. The fraction of sp³-hybridized carbons (Fsp3) is 0.348. The molecule has 0 unspecified atom stereocenters. The Morgan fingerprint density at radius 3 is 2.65 bits per heavy atom. The molecule has 1 N–H and O–H groups in total. The largest absolute Gasteiger partial charge is 0.324 e. The molecule has 4 heterocycles. The van der Waals surface area contributed by atoms with Crippen molar-refractivity contribution in [3.63, 3.8) is 0 Å². The lowest BCUT2D eigenvalue weighted by atomic mass is 9.75. The zero-order valence-electron chi connectivity index (χ0n) is 16.7. The summed E-state index contributed by atoms with van der Waals surface area (Å²) in [6.45, 7) is 2.54. The number of carbonyl (C=O) groups excluding carboxylic acids is 3. The van der Waals surface area contributed by atoms with Gasteiger partial charge in [0.25, 0.3) is 0 Å². The van der Waals surface area contributed by atoms with Crippen LogP contribution in [0.15, 0.2) is 36.4 Å². The van der Waals surface area contributed by atoms with E-state index in [9.17, 15) is 14.4 Å². The van der Waals surface area contributed by atoms with Crippen LogP contribution in [0.25, 0.3) is 0 Å². The summed E-state index contributed by atoms with van der Waals surface area (Å²) in [5.41, 5.74) is 1.36. The van der Waals surface area contributed by atoms with Gasteiger partial charge in [0.05, 0.1) is 22.5 Å². The summed E-state index contributed by atoms with van der Waals surface area (Å²) < 4.78 is 0. The summed E-state index contributed by atoms with van der Waals surface area (Å²) in [6.07, 6.45) is 1.63. The van der Waals surface area contributed by atoms with E-state index in [0.717, 1.165) is 18.4 Å². The topological polar surface area (TPSA) is 69.7 Å². The molecule has 3 fully saturated rings. The van der Waals surface area contributed by atoms with Crippen LogP contribution < -0.4 is 10.2 Å². The summed E-state index contributed by atoms with van der Waals surface area (Å²) >= 11 is 12.7. The Labute approximate surface area is 189 Å². The number of para-hydroxylation sites is 1. The molecule has 2 aromatic carbocycles. The minimum atomic E-state index is -1.24. The number of rotatable bonds is 1. The number of aryl methyl sites for hydroxylation is 1. The third kappa shape index (κ3) is 2.20. The van der Waals surface area contributed by atoms with E-state index >= 15 is 0 Å².